The summed E-state index contributed by atoms with van der Waals surface area (Å²) in [5, 5.41) is 14.9. The molecule has 0 aromatic heterocycles. The molecule has 3 aromatic carbocycles. The molecular weight excluding hydrogens is 474 g/mol. The van der Waals surface area contributed by atoms with Crippen molar-refractivity contribution in [3.8, 4) is 6.07 Å². The first-order valence-electron chi connectivity index (χ1n) is 10.2. The van der Waals surface area contributed by atoms with Gasteiger partial charge < -0.3 is 15.4 Å². The predicted octanol–water partition coefficient (Wildman–Crippen LogP) is 4.42. The van der Waals surface area contributed by atoms with Crippen LogP contribution in [0.5, 0.6) is 0 Å². The van der Waals surface area contributed by atoms with Crippen molar-refractivity contribution >= 4 is 46.8 Å². The number of benzene rings is 3. The van der Waals surface area contributed by atoms with Gasteiger partial charge >= 0.3 is 5.97 Å². The van der Waals surface area contributed by atoms with E-state index in [1.807, 2.05) is 12.1 Å². The van der Waals surface area contributed by atoms with Gasteiger partial charge in [0.1, 0.15) is 0 Å². The number of nitrogens with one attached hydrogen (secondary N) is 2. The second kappa shape index (κ2) is 12.4. The number of esters is 1. The maximum Gasteiger partial charge on any atom is 0.339 e. The van der Waals surface area contributed by atoms with Crippen LogP contribution in [0.2, 0.25) is 5.02 Å². The van der Waals surface area contributed by atoms with Crippen LogP contribution in [0.4, 0.5) is 5.69 Å². The Morgan fingerprint density at radius 1 is 0.971 bits per heavy atom. The van der Waals surface area contributed by atoms with Gasteiger partial charge in [0.2, 0.25) is 5.91 Å². The number of thioether (sulfide) groups is 1. The summed E-state index contributed by atoms with van der Waals surface area (Å²) in [6, 6.07) is 22.4. The minimum absolute atomic E-state index is 0.0411. The fourth-order valence-electron chi connectivity index (χ4n) is 2.86. The van der Waals surface area contributed by atoms with Crippen LogP contribution in [0.3, 0.4) is 0 Å². The lowest BCUT2D eigenvalue weighted by atomic mass is 10.2. The topological polar surface area (TPSA) is 108 Å². The second-order valence-electron chi connectivity index (χ2n) is 6.97. The summed E-state index contributed by atoms with van der Waals surface area (Å²) in [6.45, 7) is -0.229. The summed E-state index contributed by atoms with van der Waals surface area (Å²) >= 11 is 7.23. The summed E-state index contributed by atoms with van der Waals surface area (Å²) in [5.74, 6) is -1.38. The quantitative estimate of drug-likeness (QED) is 0.337. The number of rotatable bonds is 9. The molecule has 0 heterocycles. The number of carbonyl (C=O) groups is 3. The molecule has 0 aliphatic heterocycles. The van der Waals surface area contributed by atoms with Crippen molar-refractivity contribution in [2.75, 3.05) is 17.7 Å². The Labute approximate surface area is 206 Å². The van der Waals surface area contributed by atoms with Gasteiger partial charge in [-0.3, -0.25) is 9.59 Å². The maximum atomic E-state index is 12.5. The molecule has 172 valence electrons. The second-order valence-corrected chi connectivity index (χ2v) is 8.39. The van der Waals surface area contributed by atoms with E-state index in [0.29, 0.717) is 21.2 Å². The fourth-order valence-corrected chi connectivity index (χ4v) is 3.91. The molecule has 0 aliphatic carbocycles. The van der Waals surface area contributed by atoms with Crippen LogP contribution in [0.25, 0.3) is 0 Å². The van der Waals surface area contributed by atoms with Crippen LogP contribution in [-0.2, 0) is 20.9 Å². The van der Waals surface area contributed by atoms with Crippen molar-refractivity contribution in [1.29, 1.82) is 5.26 Å². The van der Waals surface area contributed by atoms with E-state index in [0.717, 1.165) is 17.3 Å². The van der Waals surface area contributed by atoms with Crippen molar-refractivity contribution in [2.45, 2.75) is 11.4 Å². The Morgan fingerprint density at radius 3 is 2.53 bits per heavy atom. The minimum Gasteiger partial charge on any atom is -0.452 e. The number of hydrogen-bond acceptors (Lipinski definition) is 6. The molecule has 3 aromatic rings. The molecule has 9 heteroatoms. The Balaban J connectivity index is 1.51. The van der Waals surface area contributed by atoms with Crippen molar-refractivity contribution in [3.63, 3.8) is 0 Å². The lowest BCUT2D eigenvalue weighted by molar-refractivity contribution is -0.124. The van der Waals surface area contributed by atoms with Crippen molar-refractivity contribution in [1.82, 2.24) is 5.32 Å². The SMILES string of the molecule is N#Cc1cccc(NC(=O)CSc2ccccc2C(=O)OCC(=O)NCc2ccccc2Cl)c1. The molecule has 2 N–H and O–H groups in total. The van der Waals surface area contributed by atoms with Crippen LogP contribution >= 0.6 is 23.4 Å². The zero-order valence-electron chi connectivity index (χ0n) is 17.9. The molecule has 0 atom stereocenters. The molecule has 2 amide bonds. The molecule has 0 fully saturated rings. The molecule has 0 aliphatic rings. The van der Waals surface area contributed by atoms with Gasteiger partial charge in [0.05, 0.1) is 22.9 Å². The van der Waals surface area contributed by atoms with Gasteiger partial charge in [0.25, 0.3) is 5.91 Å². The highest BCUT2D eigenvalue weighted by Crippen LogP contribution is 2.24. The Morgan fingerprint density at radius 2 is 1.74 bits per heavy atom. The first-order valence-corrected chi connectivity index (χ1v) is 11.5. The van der Waals surface area contributed by atoms with E-state index >= 15 is 0 Å². The molecule has 0 unspecified atom stereocenters. The highest BCUT2D eigenvalue weighted by atomic mass is 35.5. The van der Waals surface area contributed by atoms with E-state index in [1.165, 1.54) is 0 Å². The van der Waals surface area contributed by atoms with E-state index in [9.17, 15) is 14.4 Å². The Hall–Kier alpha value is -3.80. The number of halogens is 1. The average Bonchev–Trinajstić information content (AvgIpc) is 2.85. The average molecular weight is 494 g/mol. The van der Waals surface area contributed by atoms with Gasteiger partial charge in [-0.15, -0.1) is 11.8 Å². The van der Waals surface area contributed by atoms with Gasteiger partial charge in [-0.05, 0) is 42.0 Å². The normalized spacial score (nSPS) is 10.1. The van der Waals surface area contributed by atoms with Gasteiger partial charge in [-0.2, -0.15) is 5.26 Å². The number of ether oxygens (including phenoxy) is 1. The van der Waals surface area contributed by atoms with Crippen LogP contribution in [0.15, 0.2) is 77.7 Å². The summed E-state index contributed by atoms with van der Waals surface area (Å²) in [5.41, 5.74) is 1.96. The highest BCUT2D eigenvalue weighted by Gasteiger charge is 2.16. The van der Waals surface area contributed by atoms with Gasteiger partial charge in [0.15, 0.2) is 6.61 Å². The highest BCUT2D eigenvalue weighted by molar-refractivity contribution is 8.00. The molecular formula is C25H20ClN3O4S. The number of anilines is 1. The summed E-state index contributed by atoms with van der Waals surface area (Å²) in [6.07, 6.45) is 0. The van der Waals surface area contributed by atoms with Gasteiger partial charge in [-0.25, -0.2) is 4.79 Å². The molecule has 0 saturated heterocycles. The maximum absolute atomic E-state index is 12.5. The number of carbonyl (C=O) groups excluding carboxylic acids is 3. The Bertz CT molecular complexity index is 1240. The first kappa shape index (κ1) is 24.8. The Kier molecular flexibility index (Phi) is 9.09. The zero-order chi connectivity index (χ0) is 24.3. The number of nitrogens with zero attached hydrogens (tertiary/aromatic N) is 1. The monoisotopic (exact) mass is 493 g/mol. The van der Waals surface area contributed by atoms with Gasteiger partial charge in [0, 0.05) is 22.2 Å². The van der Waals surface area contributed by atoms with Crippen LogP contribution in [-0.4, -0.2) is 30.1 Å². The third kappa shape index (κ3) is 7.37. The molecule has 0 saturated carbocycles. The minimum atomic E-state index is -0.668. The van der Waals surface area contributed by atoms with Crippen LogP contribution < -0.4 is 10.6 Å². The third-order valence-corrected chi connectivity index (χ3v) is 5.95. The van der Waals surface area contributed by atoms with Gasteiger partial charge in [-0.1, -0.05) is 48.0 Å². The molecule has 0 spiro atoms. The number of hydrogen-bond donors (Lipinski definition) is 2. The standard InChI is InChI=1S/C25H20ClN3O4S/c26-21-10-3-1-7-18(21)14-28-23(30)15-33-25(32)20-9-2-4-11-22(20)34-16-24(31)29-19-8-5-6-17(12-19)13-27/h1-12H,14-16H2,(H,28,30)(H,29,31). The van der Waals surface area contributed by atoms with E-state index in [2.05, 4.69) is 10.6 Å². The molecule has 7 nitrogen and oxygen atoms in total. The summed E-state index contributed by atoms with van der Waals surface area (Å²) in [7, 11) is 0. The van der Waals surface area contributed by atoms with Crippen LogP contribution in [0.1, 0.15) is 21.5 Å². The molecule has 3 rings (SSSR count). The zero-order valence-corrected chi connectivity index (χ0v) is 19.5. The van der Waals surface area contributed by atoms with E-state index in [4.69, 9.17) is 21.6 Å². The molecule has 34 heavy (non-hydrogen) atoms. The predicted molar refractivity (Wildman–Crippen MR) is 131 cm³/mol. The lowest BCUT2D eigenvalue weighted by Gasteiger charge is -2.10. The van der Waals surface area contributed by atoms with E-state index < -0.39 is 18.5 Å². The number of nitriles is 1. The third-order valence-electron chi connectivity index (χ3n) is 4.51. The molecule has 0 radical (unpaired) electrons. The first-order chi connectivity index (χ1) is 16.5. The van der Waals surface area contributed by atoms with Crippen LogP contribution in [0, 0.1) is 11.3 Å². The van der Waals surface area contributed by atoms with E-state index in [1.54, 1.807) is 66.7 Å². The number of amides is 2. The summed E-state index contributed by atoms with van der Waals surface area (Å²) < 4.78 is 5.15. The van der Waals surface area contributed by atoms with Crippen molar-refractivity contribution in [3.05, 3.63) is 94.5 Å². The van der Waals surface area contributed by atoms with E-state index in [-0.39, 0.29) is 23.8 Å². The lowest BCUT2D eigenvalue weighted by Crippen LogP contribution is -2.28. The van der Waals surface area contributed by atoms with Crippen molar-refractivity contribution in [2.24, 2.45) is 0 Å². The van der Waals surface area contributed by atoms with Crippen molar-refractivity contribution < 1.29 is 19.1 Å². The largest absolute Gasteiger partial charge is 0.452 e. The molecule has 0 bridgehead atoms. The summed E-state index contributed by atoms with van der Waals surface area (Å²) in [4.78, 5) is 37.5. The fraction of sp³-hybridized carbons (Fsp3) is 0.120. The smallest absolute Gasteiger partial charge is 0.339 e.